The van der Waals surface area contributed by atoms with E-state index in [1.807, 2.05) is 26.0 Å². The van der Waals surface area contributed by atoms with Crippen LogP contribution in [-0.4, -0.2) is 13.4 Å². The Morgan fingerprint density at radius 1 is 0.931 bits per heavy atom. The molecule has 4 nitrogen and oxygen atoms in total. The molecule has 29 heavy (non-hydrogen) atoms. The summed E-state index contributed by atoms with van der Waals surface area (Å²) in [6.07, 6.45) is 0. The van der Waals surface area contributed by atoms with Gasteiger partial charge in [0.15, 0.2) is 0 Å². The first-order valence-corrected chi connectivity index (χ1v) is 11.7. The van der Waals surface area contributed by atoms with Crippen LogP contribution in [0.3, 0.4) is 0 Å². The van der Waals surface area contributed by atoms with Crippen molar-refractivity contribution in [3.05, 3.63) is 75.8 Å². The van der Waals surface area contributed by atoms with Crippen LogP contribution in [0.2, 0.25) is 10.0 Å². The predicted octanol–water partition coefficient (Wildman–Crippen LogP) is 6.69. The predicted molar refractivity (Wildman–Crippen MR) is 122 cm³/mol. The normalized spacial score (nSPS) is 11.7. The van der Waals surface area contributed by atoms with Crippen molar-refractivity contribution < 1.29 is 8.42 Å². The molecule has 0 atom stereocenters. The highest BCUT2D eigenvalue weighted by Gasteiger charge is 2.17. The topological polar surface area (TPSA) is 59.1 Å². The smallest absolute Gasteiger partial charge is 0.261 e. The number of benzene rings is 3. The quantitative estimate of drug-likeness (QED) is 0.367. The van der Waals surface area contributed by atoms with E-state index in [0.29, 0.717) is 15.7 Å². The standard InChI is InChI=1S/C21H16Cl2N2O2S2/c1-12-3-6-16(9-13(12)2)29(26,27)25-15-5-7-17(18(23)11-15)21-24-19-8-4-14(22)10-20(19)28-21/h3-11,25H,1-2H3. The molecule has 4 rings (SSSR count). The highest BCUT2D eigenvalue weighted by molar-refractivity contribution is 7.92. The summed E-state index contributed by atoms with van der Waals surface area (Å²) < 4.78 is 29.0. The second-order valence-electron chi connectivity index (χ2n) is 6.68. The fraction of sp³-hybridized carbons (Fsp3) is 0.0952. The van der Waals surface area contributed by atoms with E-state index >= 15 is 0 Å². The van der Waals surface area contributed by atoms with Gasteiger partial charge in [0.1, 0.15) is 5.01 Å². The summed E-state index contributed by atoms with van der Waals surface area (Å²) in [6, 6.07) is 15.6. The molecule has 4 aromatic rings. The van der Waals surface area contributed by atoms with Crippen molar-refractivity contribution in [3.8, 4) is 10.6 Å². The number of hydrogen-bond acceptors (Lipinski definition) is 4. The summed E-state index contributed by atoms with van der Waals surface area (Å²) in [5.74, 6) is 0. The van der Waals surface area contributed by atoms with Crippen LogP contribution in [0, 0.1) is 13.8 Å². The molecule has 0 fully saturated rings. The molecule has 1 N–H and O–H groups in total. The van der Waals surface area contributed by atoms with Gasteiger partial charge >= 0.3 is 0 Å². The van der Waals surface area contributed by atoms with E-state index in [0.717, 1.165) is 31.9 Å². The highest BCUT2D eigenvalue weighted by Crippen LogP contribution is 2.36. The van der Waals surface area contributed by atoms with E-state index in [-0.39, 0.29) is 4.90 Å². The molecule has 0 spiro atoms. The van der Waals surface area contributed by atoms with E-state index in [9.17, 15) is 8.42 Å². The number of rotatable bonds is 4. The van der Waals surface area contributed by atoms with Crippen molar-refractivity contribution in [2.45, 2.75) is 18.7 Å². The van der Waals surface area contributed by atoms with Crippen LogP contribution in [-0.2, 0) is 10.0 Å². The number of aryl methyl sites for hydroxylation is 2. The molecule has 148 valence electrons. The Hall–Kier alpha value is -2.12. The molecule has 0 radical (unpaired) electrons. The first-order valence-electron chi connectivity index (χ1n) is 8.69. The maximum atomic E-state index is 12.7. The minimum atomic E-state index is -3.71. The van der Waals surface area contributed by atoms with Crippen LogP contribution in [0.1, 0.15) is 11.1 Å². The number of aromatic nitrogens is 1. The summed E-state index contributed by atoms with van der Waals surface area (Å²) in [7, 11) is -3.71. The van der Waals surface area contributed by atoms with Gasteiger partial charge in [-0.1, -0.05) is 29.3 Å². The van der Waals surface area contributed by atoms with Crippen molar-refractivity contribution in [2.24, 2.45) is 0 Å². The molecule has 8 heteroatoms. The van der Waals surface area contributed by atoms with Crippen LogP contribution in [0.25, 0.3) is 20.8 Å². The average Bonchev–Trinajstić information content (AvgIpc) is 3.06. The lowest BCUT2D eigenvalue weighted by Gasteiger charge is -2.11. The molecule has 0 saturated carbocycles. The molecule has 0 aliphatic heterocycles. The first kappa shape index (κ1) is 20.2. The summed E-state index contributed by atoms with van der Waals surface area (Å²) in [5, 5.41) is 1.81. The Balaban J connectivity index is 1.65. The Bertz CT molecular complexity index is 1350. The van der Waals surface area contributed by atoms with Crippen LogP contribution >= 0.6 is 34.5 Å². The van der Waals surface area contributed by atoms with Gasteiger partial charge < -0.3 is 0 Å². The minimum absolute atomic E-state index is 0.212. The zero-order valence-corrected chi connectivity index (χ0v) is 18.7. The number of nitrogens with one attached hydrogen (secondary N) is 1. The Labute approximate surface area is 183 Å². The summed E-state index contributed by atoms with van der Waals surface area (Å²) >= 11 is 14.0. The van der Waals surface area contributed by atoms with Gasteiger partial charge in [-0.15, -0.1) is 11.3 Å². The fourth-order valence-electron chi connectivity index (χ4n) is 2.86. The largest absolute Gasteiger partial charge is 0.280 e. The van der Waals surface area contributed by atoms with Crippen LogP contribution in [0.4, 0.5) is 5.69 Å². The van der Waals surface area contributed by atoms with E-state index in [2.05, 4.69) is 9.71 Å². The molecule has 0 aliphatic carbocycles. The third kappa shape index (κ3) is 4.12. The van der Waals surface area contributed by atoms with Gasteiger partial charge in [-0.25, -0.2) is 13.4 Å². The average molecular weight is 463 g/mol. The van der Waals surface area contributed by atoms with Crippen molar-refractivity contribution in [3.63, 3.8) is 0 Å². The van der Waals surface area contributed by atoms with Gasteiger partial charge in [-0.3, -0.25) is 4.72 Å². The number of anilines is 1. The molecular formula is C21H16Cl2N2O2S2. The Kier molecular flexibility index (Phi) is 5.29. The van der Waals surface area contributed by atoms with Gasteiger partial charge in [0.2, 0.25) is 0 Å². The summed E-state index contributed by atoms with van der Waals surface area (Å²) in [4.78, 5) is 4.80. The monoisotopic (exact) mass is 462 g/mol. The number of sulfonamides is 1. The summed E-state index contributed by atoms with van der Waals surface area (Å²) in [6.45, 7) is 3.82. The summed E-state index contributed by atoms with van der Waals surface area (Å²) in [5.41, 5.74) is 3.91. The maximum absolute atomic E-state index is 12.7. The number of hydrogen-bond donors (Lipinski definition) is 1. The minimum Gasteiger partial charge on any atom is -0.280 e. The molecule has 0 amide bonds. The van der Waals surface area contributed by atoms with Crippen molar-refractivity contribution in [1.82, 2.24) is 4.98 Å². The van der Waals surface area contributed by atoms with Gasteiger partial charge in [0.05, 0.1) is 25.8 Å². The number of halogens is 2. The molecule has 0 bridgehead atoms. The lowest BCUT2D eigenvalue weighted by atomic mass is 10.1. The van der Waals surface area contributed by atoms with Crippen LogP contribution < -0.4 is 4.72 Å². The van der Waals surface area contributed by atoms with Crippen molar-refractivity contribution >= 4 is 60.5 Å². The molecule has 1 aromatic heterocycles. The third-order valence-electron chi connectivity index (χ3n) is 4.59. The molecular weight excluding hydrogens is 447 g/mol. The first-order chi connectivity index (χ1) is 13.7. The van der Waals surface area contributed by atoms with Crippen LogP contribution in [0.15, 0.2) is 59.5 Å². The zero-order chi connectivity index (χ0) is 20.8. The van der Waals surface area contributed by atoms with E-state index in [4.69, 9.17) is 23.2 Å². The van der Waals surface area contributed by atoms with Crippen molar-refractivity contribution in [1.29, 1.82) is 0 Å². The van der Waals surface area contributed by atoms with Crippen molar-refractivity contribution in [2.75, 3.05) is 4.72 Å². The Morgan fingerprint density at radius 3 is 2.45 bits per heavy atom. The van der Waals surface area contributed by atoms with Gasteiger partial charge in [-0.05, 0) is 73.5 Å². The number of thiazole rings is 1. The second kappa shape index (κ2) is 7.61. The maximum Gasteiger partial charge on any atom is 0.261 e. The fourth-order valence-corrected chi connectivity index (χ4v) is 5.60. The molecule has 0 saturated heterocycles. The number of nitrogens with zero attached hydrogens (tertiary/aromatic N) is 1. The SMILES string of the molecule is Cc1ccc(S(=O)(=O)Nc2ccc(-c3nc4ccc(Cl)cc4s3)c(Cl)c2)cc1C. The number of fused-ring (bicyclic) bond motifs is 1. The van der Waals surface area contributed by atoms with E-state index in [1.54, 1.807) is 42.5 Å². The lowest BCUT2D eigenvalue weighted by molar-refractivity contribution is 0.601. The lowest BCUT2D eigenvalue weighted by Crippen LogP contribution is -2.13. The third-order valence-corrected chi connectivity index (χ3v) is 7.57. The van der Waals surface area contributed by atoms with Gasteiger partial charge in [-0.2, -0.15) is 0 Å². The molecule has 3 aromatic carbocycles. The van der Waals surface area contributed by atoms with E-state index in [1.165, 1.54) is 11.3 Å². The van der Waals surface area contributed by atoms with Gasteiger partial charge in [0, 0.05) is 10.6 Å². The van der Waals surface area contributed by atoms with Gasteiger partial charge in [0.25, 0.3) is 10.0 Å². The van der Waals surface area contributed by atoms with Crippen LogP contribution in [0.5, 0.6) is 0 Å². The molecule has 1 heterocycles. The second-order valence-corrected chi connectivity index (χ2v) is 10.2. The molecule has 0 unspecified atom stereocenters. The van der Waals surface area contributed by atoms with E-state index < -0.39 is 10.0 Å². The highest BCUT2D eigenvalue weighted by atomic mass is 35.5. The molecule has 0 aliphatic rings. The Morgan fingerprint density at radius 2 is 1.72 bits per heavy atom. The zero-order valence-electron chi connectivity index (χ0n) is 15.5.